The predicted molar refractivity (Wildman–Crippen MR) is 232 cm³/mol. The van der Waals surface area contributed by atoms with Crippen LogP contribution in [-0.4, -0.2) is 15.0 Å². The number of nitrogens with zero attached hydrogens (tertiary/aromatic N) is 3. The van der Waals surface area contributed by atoms with Gasteiger partial charge in [0.05, 0.1) is 0 Å². The monoisotopic (exact) mass is 721 g/mol. The summed E-state index contributed by atoms with van der Waals surface area (Å²) in [4.78, 5) is 15.3. The topological polar surface area (TPSA) is 38.7 Å². The number of aromatic nitrogens is 3. The summed E-state index contributed by atoms with van der Waals surface area (Å²) in [6.07, 6.45) is 8.33. The Hall–Kier alpha value is -6.75. The van der Waals surface area contributed by atoms with Crippen LogP contribution < -0.4 is 0 Å². The van der Waals surface area contributed by atoms with Gasteiger partial charge in [-0.1, -0.05) is 170 Å². The van der Waals surface area contributed by atoms with Gasteiger partial charge in [-0.2, -0.15) is 0 Å². The Bertz CT molecular complexity index is 2890. The van der Waals surface area contributed by atoms with Crippen molar-refractivity contribution >= 4 is 37.1 Å². The Kier molecular flexibility index (Phi) is 8.51. The minimum Gasteiger partial charge on any atom is -0.209 e. The maximum Gasteiger partial charge on any atom is 0.164 e. The normalized spacial score (nSPS) is 12.6. The molecule has 0 fully saturated rings. The number of benzene rings is 7. The lowest BCUT2D eigenvalue weighted by molar-refractivity contribution is 0.979. The van der Waals surface area contributed by atoms with Crippen molar-refractivity contribution in [3.05, 3.63) is 194 Å². The van der Waals surface area contributed by atoms with Crippen LogP contribution in [0.1, 0.15) is 18.7 Å². The van der Waals surface area contributed by atoms with Crippen LogP contribution in [0.4, 0.5) is 0 Å². The third-order valence-electron chi connectivity index (χ3n) is 10.4. The molecule has 260 valence electrons. The zero-order valence-electron chi connectivity index (χ0n) is 30.1. The van der Waals surface area contributed by atoms with E-state index in [2.05, 4.69) is 170 Å². The van der Waals surface area contributed by atoms with Crippen LogP contribution in [0.25, 0.3) is 93.0 Å². The first-order valence-corrected chi connectivity index (χ1v) is 19.6. The van der Waals surface area contributed by atoms with E-state index in [1.165, 1.54) is 64.7 Å². The highest BCUT2D eigenvalue weighted by molar-refractivity contribution is 7.26. The van der Waals surface area contributed by atoms with Crippen LogP contribution in [0.2, 0.25) is 0 Å². The van der Waals surface area contributed by atoms with E-state index in [9.17, 15) is 0 Å². The van der Waals surface area contributed by atoms with Gasteiger partial charge in [0, 0.05) is 31.3 Å². The number of hydrogen-bond acceptors (Lipinski definition) is 4. The van der Waals surface area contributed by atoms with Gasteiger partial charge in [-0.15, -0.1) is 11.3 Å². The second-order valence-corrected chi connectivity index (χ2v) is 14.9. The number of rotatable bonds is 7. The zero-order valence-corrected chi connectivity index (χ0v) is 30.9. The van der Waals surface area contributed by atoms with E-state index in [1.54, 1.807) is 0 Å². The molecule has 1 aliphatic carbocycles. The van der Waals surface area contributed by atoms with Gasteiger partial charge in [0.2, 0.25) is 0 Å². The molecule has 2 heterocycles. The molecule has 0 saturated heterocycles. The molecule has 0 radical (unpaired) electrons. The van der Waals surface area contributed by atoms with Gasteiger partial charge < -0.3 is 0 Å². The number of hydrogen-bond donors (Lipinski definition) is 0. The first kappa shape index (κ1) is 32.9. The molecule has 0 atom stereocenters. The molecule has 1 aliphatic rings. The van der Waals surface area contributed by atoms with E-state index >= 15 is 0 Å². The van der Waals surface area contributed by atoms with E-state index in [0.29, 0.717) is 11.6 Å². The molecule has 10 rings (SSSR count). The van der Waals surface area contributed by atoms with Crippen molar-refractivity contribution in [2.75, 3.05) is 0 Å². The molecule has 0 saturated carbocycles. The molecule has 0 spiro atoms. The van der Waals surface area contributed by atoms with Crippen LogP contribution in [0.3, 0.4) is 0 Å². The third-order valence-corrected chi connectivity index (χ3v) is 11.6. The van der Waals surface area contributed by atoms with Crippen molar-refractivity contribution in [2.24, 2.45) is 0 Å². The summed E-state index contributed by atoms with van der Waals surface area (Å²) in [7, 11) is 0. The fourth-order valence-corrected chi connectivity index (χ4v) is 8.86. The molecule has 0 amide bonds. The molecule has 0 bridgehead atoms. The second-order valence-electron chi connectivity index (χ2n) is 13.9. The summed E-state index contributed by atoms with van der Waals surface area (Å²) in [6.45, 7) is 0. The van der Waals surface area contributed by atoms with Gasteiger partial charge in [-0.25, -0.2) is 15.0 Å². The fourth-order valence-electron chi connectivity index (χ4n) is 7.75. The number of thiophene rings is 1. The Labute approximate surface area is 324 Å². The van der Waals surface area contributed by atoms with E-state index in [0.717, 1.165) is 35.4 Å². The highest BCUT2D eigenvalue weighted by atomic mass is 32.1. The zero-order chi connectivity index (χ0) is 36.6. The van der Waals surface area contributed by atoms with Crippen LogP contribution in [-0.2, 0) is 0 Å². The summed E-state index contributed by atoms with van der Waals surface area (Å²) in [5, 5.41) is 2.37. The SMILES string of the molecule is C1=CCCC(c2nc(-c3ccccc3)nc(-c3cccc4sc5ccc(-c6cccc(-c7ccc(-c8ccccc8)cc7)c6-c6ccccc6)cc5c34)n2)=C1. The van der Waals surface area contributed by atoms with Crippen LogP contribution in [0, 0.1) is 0 Å². The van der Waals surface area contributed by atoms with E-state index in [-0.39, 0.29) is 0 Å². The van der Waals surface area contributed by atoms with Crippen molar-refractivity contribution in [3.8, 4) is 67.3 Å². The molecule has 55 heavy (non-hydrogen) atoms. The molecular weight excluding hydrogens is 687 g/mol. The smallest absolute Gasteiger partial charge is 0.164 e. The van der Waals surface area contributed by atoms with Crippen molar-refractivity contribution < 1.29 is 0 Å². The molecule has 9 aromatic rings. The van der Waals surface area contributed by atoms with Crippen molar-refractivity contribution in [3.63, 3.8) is 0 Å². The Morgan fingerprint density at radius 2 is 1.00 bits per heavy atom. The van der Waals surface area contributed by atoms with Crippen LogP contribution >= 0.6 is 11.3 Å². The summed E-state index contributed by atoms with van der Waals surface area (Å²) >= 11 is 1.82. The Balaban J connectivity index is 1.15. The molecule has 0 N–H and O–H groups in total. The van der Waals surface area contributed by atoms with Crippen molar-refractivity contribution in [2.45, 2.75) is 12.8 Å². The molecule has 0 unspecified atom stereocenters. The van der Waals surface area contributed by atoms with E-state index < -0.39 is 0 Å². The summed E-state index contributed by atoms with van der Waals surface area (Å²) in [6, 6.07) is 60.7. The first-order valence-electron chi connectivity index (χ1n) is 18.7. The average molecular weight is 722 g/mol. The Morgan fingerprint density at radius 3 is 1.73 bits per heavy atom. The average Bonchev–Trinajstić information content (AvgIpc) is 3.65. The van der Waals surface area contributed by atoms with E-state index in [1.807, 2.05) is 29.5 Å². The van der Waals surface area contributed by atoms with E-state index in [4.69, 9.17) is 15.0 Å². The minimum absolute atomic E-state index is 0.689. The van der Waals surface area contributed by atoms with Gasteiger partial charge in [0.15, 0.2) is 17.5 Å². The third kappa shape index (κ3) is 6.27. The lowest BCUT2D eigenvalue weighted by Crippen LogP contribution is -2.03. The number of fused-ring (bicyclic) bond motifs is 3. The predicted octanol–water partition coefficient (Wildman–Crippen LogP) is 14.0. The molecule has 2 aromatic heterocycles. The van der Waals surface area contributed by atoms with Gasteiger partial charge in [-0.3, -0.25) is 0 Å². The van der Waals surface area contributed by atoms with Crippen LogP contribution in [0.15, 0.2) is 188 Å². The quantitative estimate of drug-likeness (QED) is 0.164. The molecule has 7 aromatic carbocycles. The van der Waals surface area contributed by atoms with Gasteiger partial charge in [0.1, 0.15) is 0 Å². The Morgan fingerprint density at radius 1 is 0.418 bits per heavy atom. The molecule has 3 nitrogen and oxygen atoms in total. The number of allylic oxidation sites excluding steroid dienone is 4. The summed E-state index contributed by atoms with van der Waals surface area (Å²) in [5.41, 5.74) is 12.7. The standard InChI is InChI=1S/C51H35N3S/c1-5-15-34(16-6-1)35-27-29-36(30-28-35)41-23-13-24-42(47(41)37-17-7-2-8-18-37)40-31-32-45-44(33-40)48-43(25-14-26-46(48)55-45)51-53-49(38-19-9-3-10-20-38)52-50(54-51)39-21-11-4-12-22-39/h1-11,13-21,23-33H,12,22H2. The first-order chi connectivity index (χ1) is 27.3. The van der Waals surface area contributed by atoms with Crippen molar-refractivity contribution in [1.82, 2.24) is 15.0 Å². The highest BCUT2D eigenvalue weighted by Crippen LogP contribution is 2.45. The lowest BCUT2D eigenvalue weighted by atomic mass is 9.87. The summed E-state index contributed by atoms with van der Waals surface area (Å²) in [5.74, 6) is 2.13. The molecular formula is C51H35N3S. The van der Waals surface area contributed by atoms with Gasteiger partial charge in [-0.05, 0) is 81.1 Å². The maximum absolute atomic E-state index is 5.17. The van der Waals surface area contributed by atoms with Gasteiger partial charge in [0.25, 0.3) is 0 Å². The molecule has 4 heteroatoms. The minimum atomic E-state index is 0.689. The largest absolute Gasteiger partial charge is 0.209 e. The molecule has 0 aliphatic heterocycles. The summed E-state index contributed by atoms with van der Waals surface area (Å²) < 4.78 is 2.45. The van der Waals surface area contributed by atoms with Crippen molar-refractivity contribution in [1.29, 1.82) is 0 Å². The van der Waals surface area contributed by atoms with Crippen LogP contribution in [0.5, 0.6) is 0 Å². The lowest BCUT2D eigenvalue weighted by Gasteiger charge is -2.17. The highest BCUT2D eigenvalue weighted by Gasteiger charge is 2.20. The van der Waals surface area contributed by atoms with Gasteiger partial charge >= 0.3 is 0 Å². The fraction of sp³-hybridized carbons (Fsp3) is 0.0392. The maximum atomic E-state index is 5.17. The second kappa shape index (κ2) is 14.2.